The zero-order valence-corrected chi connectivity index (χ0v) is 82.3. The van der Waals surface area contributed by atoms with Gasteiger partial charge in [-0.25, -0.2) is 43.5 Å². The molecule has 6 aliphatic heterocycles. The highest BCUT2D eigenvalue weighted by atomic mass is 32.5. The number of nitrogens with zero attached hydrogens (tertiary/aromatic N) is 11. The molecule has 13 heterocycles. The van der Waals surface area contributed by atoms with Crippen LogP contribution in [0.4, 0.5) is 17.5 Å². The molecule has 27 atom stereocenters. The first kappa shape index (κ1) is 108. The Hall–Kier alpha value is -6.62. The van der Waals surface area contributed by atoms with Crippen molar-refractivity contribution in [1.82, 2.24) is 67.3 Å². The van der Waals surface area contributed by atoms with Crippen LogP contribution in [0.3, 0.4) is 0 Å². The molecule has 760 valence electrons. The second kappa shape index (κ2) is 46.0. The molecule has 0 amide bonds. The number of nitrogens with two attached hydrogens (primary N) is 3. The summed E-state index contributed by atoms with van der Waals surface area (Å²) in [5, 5.41) is 11.9. The summed E-state index contributed by atoms with van der Waals surface area (Å²) in [6, 6.07) is 0. The number of hydrogen-bond donors (Lipinski definition) is 12. The van der Waals surface area contributed by atoms with Crippen LogP contribution >= 0.6 is 34.7 Å². The molecule has 56 nitrogen and oxygen atoms in total. The molecule has 13 rings (SSSR count). The van der Waals surface area contributed by atoms with Crippen molar-refractivity contribution < 1.29 is 146 Å². The zero-order chi connectivity index (χ0) is 99.2. The molecule has 6 fully saturated rings. The number of phosphoric ester groups is 1. The van der Waals surface area contributed by atoms with E-state index in [0.29, 0.717) is 0 Å². The van der Waals surface area contributed by atoms with Gasteiger partial charge in [0.25, 0.3) is 16.7 Å². The van der Waals surface area contributed by atoms with Crippen molar-refractivity contribution in [3.05, 3.63) is 155 Å². The van der Waals surface area contributed by atoms with Crippen molar-refractivity contribution >= 4 is 111 Å². The summed E-state index contributed by atoms with van der Waals surface area (Å²) in [7, 11) is -0.453. The lowest BCUT2D eigenvalue weighted by Gasteiger charge is -2.30. The zero-order valence-electron chi connectivity index (χ0n) is 74.5. The minimum Gasteiger partial charge on any atom is -0.387 e. The third kappa shape index (κ3) is 26.1. The largest absolute Gasteiger partial charge is 0.472 e. The number of anilines is 3. The maximum absolute atomic E-state index is 15.3. The Morgan fingerprint density at radius 1 is 0.409 bits per heavy atom. The number of nitrogens with one attached hydrogen (secondary N) is 3. The minimum atomic E-state index is -5.87. The van der Waals surface area contributed by atoms with Crippen molar-refractivity contribution in [3.8, 4) is 0 Å². The maximum atomic E-state index is 15.3. The number of ether oxygens (including phenoxy) is 14. The number of aliphatic hydroxyl groups is 1. The fourth-order valence-electron chi connectivity index (χ4n) is 15.4. The van der Waals surface area contributed by atoms with Gasteiger partial charge in [-0.2, -0.15) is 9.97 Å². The van der Waals surface area contributed by atoms with Crippen LogP contribution in [0.15, 0.2) is 82.0 Å². The quantitative estimate of drug-likeness (QED) is 0.0144. The molecule has 0 radical (unpaired) electrons. The number of aliphatic hydroxyl groups excluding tert-OH is 1. The van der Waals surface area contributed by atoms with E-state index in [9.17, 15) is 67.9 Å². The second-order valence-electron chi connectivity index (χ2n) is 31.8. The van der Waals surface area contributed by atoms with Crippen LogP contribution in [-0.2, 0) is 163 Å². The molecule has 0 aromatic carbocycles. The molecule has 7 aromatic heterocycles. The van der Waals surface area contributed by atoms with Crippen molar-refractivity contribution in [2.75, 3.05) is 132 Å². The number of H-pyrrole nitrogens is 3. The molecule has 0 aliphatic carbocycles. The topological polar surface area (TPSA) is 716 Å². The summed E-state index contributed by atoms with van der Waals surface area (Å²) in [4.78, 5) is 194. The maximum Gasteiger partial charge on any atom is 0.472 e. The first-order chi connectivity index (χ1) is 64.8. The SMILES string of the molecule is COCCOC1[C@@H](OP(=O)(O)OC[C@H]2O[C@@H](n3cc(C)c(=O)[nH]c3=O)C(OCCOC)[C@H]2OP(O)(=S)OC[C@H]2O[C@@H](n3cc(C)c(N)nc3=O)C(OCCOC)[C@H]2OP(O)(=S)OC[C@H]2O[C@@H](n3cnc4c(N)ncnc43)C(OCCOC)[C@H]2O)[C@@H](COP(O)(=S)O[C@@H]2C[C@H](n3cc(C)c(=O)[nH]c3=O)O[C@@H]2COP(O)(=S)O[C@@H]2C[C@H](n3cc(C)c(=O)[nH]c3=O)O[C@@H]2C)O[C@H]1n1cc(C)c(N)nc1=O. The van der Waals surface area contributed by atoms with Gasteiger partial charge in [-0.1, -0.05) is 0 Å². The number of phosphoric acid groups is 1. The lowest BCUT2D eigenvalue weighted by molar-refractivity contribution is -0.0848. The summed E-state index contributed by atoms with van der Waals surface area (Å²) >= 11 is 22.6. The lowest BCUT2D eigenvalue weighted by Crippen LogP contribution is -2.42. The molecule has 7 aromatic rings. The van der Waals surface area contributed by atoms with Crippen molar-refractivity contribution in [1.29, 1.82) is 0 Å². The number of rotatable bonds is 47. The average Bonchev–Trinajstić information content (AvgIpc) is 1.63. The second-order valence-corrected chi connectivity index (χ2v) is 44.4. The van der Waals surface area contributed by atoms with Gasteiger partial charge in [0.05, 0.1) is 111 Å². The number of hydrogen-bond acceptors (Lipinski definition) is 46. The third-order valence-electron chi connectivity index (χ3n) is 22.3. The molecular weight excluding hydrogens is 2010 g/mol. The van der Waals surface area contributed by atoms with Gasteiger partial charge in [0.2, 0.25) is 0 Å². The molecule has 0 bridgehead atoms. The number of aromatic amines is 3. The van der Waals surface area contributed by atoms with Gasteiger partial charge in [0.1, 0.15) is 115 Å². The smallest absolute Gasteiger partial charge is 0.387 e. The first-order valence-electron chi connectivity index (χ1n) is 41.7. The standard InChI is InChI=1S/C72H104N17O39P5S4/c1-33-21-86(68(94)79-57(33)73)65-54(110-16-12-106-8)50(44(122-65)29-116-131(102,135)125-40-20-47(85-24-36(4)62(92)82-71(85)97)119-41(40)26-114-130(101,134)124-39-19-46(118-38(39)6)84-23-35(3)61(91)81-70(84)96)126-129(99,100)113-28-43-51(55(111-17-13-107-9)67(121-43)88-25-37(5)63(93)83-72(88)98)127-133(104,137)117-30-45-52(56(112-18-14-108-10)66(123-45)87-22-34(2)58(74)80-69(87)95)128-132(103,136)115-27-42-49(90)53(109-15-11-105-7)64(120-42)89-32-78-48-59(75)76-31-77-60(48)89/h21-25,31-32,38-47,49-56,64-67,90H,11-20,26-30H2,1-10H3,(H,99,100)(H,101,134)(H,102,135)(H,103,136)(H,104,137)(H2,73,79,94)(H2,74,80,95)(H2,75,76,77)(H,81,91,96)(H,82,92,97)(H,83,93,98)/t38-,39-,40-,41-,42-,43-,44-,45-,46-,47-,49+,50+,51+,52+,53?,54?,55?,56?,64-,65-,66-,67-,130?,131?,132?,133?/m1/s1. The monoisotopic (exact) mass is 2110 g/mol. The molecule has 9 unspecified atom stereocenters. The molecule has 6 saturated heterocycles. The van der Waals surface area contributed by atoms with E-state index in [-0.39, 0.29) is 116 Å². The van der Waals surface area contributed by atoms with Crippen LogP contribution in [0.2, 0.25) is 0 Å². The molecular formula is C72H104N17O39P5S4. The summed E-state index contributed by atoms with van der Waals surface area (Å²) in [5.41, 5.74) is 12.2. The van der Waals surface area contributed by atoms with Crippen LogP contribution in [0.1, 0.15) is 85.0 Å². The van der Waals surface area contributed by atoms with Crippen molar-refractivity contribution in [2.45, 2.75) is 189 Å². The average molecular weight is 2110 g/mol. The van der Waals surface area contributed by atoms with Gasteiger partial charge in [-0.15, -0.1) is 0 Å². The Balaban J connectivity index is 0.774. The number of aryl methyl sites for hydroxylation is 5. The van der Waals surface area contributed by atoms with Crippen molar-refractivity contribution in [3.63, 3.8) is 0 Å². The Morgan fingerprint density at radius 2 is 0.766 bits per heavy atom. The Morgan fingerprint density at radius 3 is 1.23 bits per heavy atom. The molecule has 65 heteroatoms. The van der Waals surface area contributed by atoms with Gasteiger partial charge in [-0.05, 0) is 88.8 Å². The summed E-state index contributed by atoms with van der Waals surface area (Å²) in [5.74, 6) is -0.349. The van der Waals surface area contributed by atoms with Gasteiger partial charge in [-0.3, -0.25) is 74.8 Å². The van der Waals surface area contributed by atoms with Gasteiger partial charge >= 0.3 is 63.1 Å². The van der Waals surface area contributed by atoms with E-state index < -0.39 is 254 Å². The first-order valence-corrected chi connectivity index (χ1v) is 53.6. The molecule has 15 N–H and O–H groups in total. The molecule has 0 saturated carbocycles. The normalized spacial score (nSPS) is 29.6. The van der Waals surface area contributed by atoms with E-state index in [1.165, 1.54) is 105 Å². The molecule has 6 aliphatic rings. The number of imidazole rings is 1. The predicted molar refractivity (Wildman–Crippen MR) is 484 cm³/mol. The highest BCUT2D eigenvalue weighted by Gasteiger charge is 2.57. The number of aromatic nitrogens is 14. The molecule has 137 heavy (non-hydrogen) atoms. The number of methoxy groups -OCH3 is 4. The van der Waals surface area contributed by atoms with Gasteiger partial charge in [0, 0.05) is 100 Å². The van der Waals surface area contributed by atoms with Crippen molar-refractivity contribution in [2.24, 2.45) is 0 Å². The summed E-state index contributed by atoms with van der Waals surface area (Å²) in [6.45, 7) is -16.4. The number of nitrogen functional groups attached to an aromatic ring is 3. The Labute approximate surface area is 795 Å². The van der Waals surface area contributed by atoms with Gasteiger partial charge < -0.3 is 140 Å². The van der Waals surface area contributed by atoms with E-state index >= 15 is 4.57 Å². The van der Waals surface area contributed by atoms with E-state index in [4.69, 9.17) is 176 Å². The van der Waals surface area contributed by atoms with E-state index in [2.05, 4.69) is 39.9 Å². The third-order valence-corrected chi connectivity index (χ3v) is 29.5. The fraction of sp³-hybridized carbons (Fsp3) is 0.653. The fourth-order valence-corrected chi connectivity index (χ4v) is 22.2. The highest BCUT2D eigenvalue weighted by Crippen LogP contribution is 2.57. The Kier molecular flexibility index (Phi) is 36.1. The predicted octanol–water partition coefficient (Wildman–Crippen LogP) is -2.07. The van der Waals surface area contributed by atoms with Crippen LogP contribution < -0.4 is 62.3 Å². The highest BCUT2D eigenvalue weighted by molar-refractivity contribution is 8.08. The Bertz CT molecular complexity index is 6220. The van der Waals surface area contributed by atoms with Gasteiger partial charge in [0.15, 0.2) is 36.4 Å². The van der Waals surface area contributed by atoms with Crippen LogP contribution in [0.5, 0.6) is 0 Å². The van der Waals surface area contributed by atoms with E-state index in [1.807, 2.05) is 0 Å². The lowest BCUT2D eigenvalue weighted by atomic mass is 10.1. The van der Waals surface area contributed by atoms with Crippen LogP contribution in [0, 0.1) is 34.6 Å². The number of fused-ring (bicyclic) bond motifs is 1. The summed E-state index contributed by atoms with van der Waals surface area (Å²) in [6.07, 6.45) is -25.6. The van der Waals surface area contributed by atoms with Crippen LogP contribution in [-0.4, -0.2) is 309 Å². The van der Waals surface area contributed by atoms with Crippen LogP contribution in [0.25, 0.3) is 11.2 Å². The van der Waals surface area contributed by atoms with E-state index in [0.717, 1.165) is 29.0 Å². The van der Waals surface area contributed by atoms with E-state index in [1.54, 1.807) is 6.92 Å². The molecule has 0 spiro atoms. The summed E-state index contributed by atoms with van der Waals surface area (Å²) < 4.78 is 166. The minimum absolute atomic E-state index is 0.0342.